The van der Waals surface area contributed by atoms with E-state index < -0.39 is 9.84 Å². The van der Waals surface area contributed by atoms with E-state index in [2.05, 4.69) is 39.2 Å². The fourth-order valence-corrected chi connectivity index (χ4v) is 6.20. The molecule has 3 aliphatic rings. The number of sulfone groups is 1. The number of benzene rings is 1. The molecular formula is C27H26N6O2S. The number of pyridine rings is 2. The summed E-state index contributed by atoms with van der Waals surface area (Å²) < 4.78 is 25.6. The Bertz CT molecular complexity index is 1610. The number of aryl methyl sites for hydroxylation is 1. The number of nitrogens with zero attached hydrogens (tertiary/aromatic N) is 6. The smallest absolute Gasteiger partial charge is 0.175 e. The normalized spacial score (nSPS) is 19.8. The molecule has 1 aromatic carbocycles. The highest BCUT2D eigenvalue weighted by Gasteiger charge is 2.44. The molecule has 0 saturated carbocycles. The maximum Gasteiger partial charge on any atom is 0.175 e. The summed E-state index contributed by atoms with van der Waals surface area (Å²) in [6, 6.07) is 16.6. The van der Waals surface area contributed by atoms with E-state index >= 15 is 0 Å². The van der Waals surface area contributed by atoms with Crippen molar-refractivity contribution >= 4 is 21.2 Å². The molecule has 0 amide bonds. The lowest BCUT2D eigenvalue weighted by Gasteiger charge is -2.56. The Morgan fingerprint density at radius 2 is 1.92 bits per heavy atom. The van der Waals surface area contributed by atoms with E-state index in [9.17, 15) is 13.7 Å². The Morgan fingerprint density at radius 3 is 2.61 bits per heavy atom. The fourth-order valence-electron chi connectivity index (χ4n) is 5.51. The Morgan fingerprint density at radius 1 is 1.11 bits per heavy atom. The van der Waals surface area contributed by atoms with Crippen molar-refractivity contribution in [3.63, 3.8) is 0 Å². The molecule has 4 aromatic rings. The van der Waals surface area contributed by atoms with Crippen molar-refractivity contribution in [2.24, 2.45) is 0 Å². The Labute approximate surface area is 210 Å². The van der Waals surface area contributed by atoms with Crippen molar-refractivity contribution in [3.8, 4) is 17.2 Å². The molecular weight excluding hydrogens is 472 g/mol. The summed E-state index contributed by atoms with van der Waals surface area (Å²) in [5.41, 5.74) is 5.35. The number of piperazine rings is 1. The molecule has 6 heterocycles. The minimum atomic E-state index is -3.21. The number of hydrogen-bond acceptors (Lipinski definition) is 7. The molecule has 0 aliphatic carbocycles. The summed E-state index contributed by atoms with van der Waals surface area (Å²) in [6.07, 6.45) is 7.81. The van der Waals surface area contributed by atoms with Gasteiger partial charge in [-0.25, -0.2) is 17.9 Å². The number of hydrogen-bond donors (Lipinski definition) is 0. The van der Waals surface area contributed by atoms with Crippen LogP contribution in [-0.4, -0.2) is 59.3 Å². The van der Waals surface area contributed by atoms with Crippen LogP contribution in [0, 0.1) is 18.3 Å². The molecule has 36 heavy (non-hydrogen) atoms. The van der Waals surface area contributed by atoms with Crippen molar-refractivity contribution in [1.82, 2.24) is 19.5 Å². The first-order valence-electron chi connectivity index (χ1n) is 11.9. The summed E-state index contributed by atoms with van der Waals surface area (Å²) in [4.78, 5) is 9.96. The van der Waals surface area contributed by atoms with E-state index in [0.29, 0.717) is 22.5 Å². The first-order valence-corrected chi connectivity index (χ1v) is 13.8. The largest absolute Gasteiger partial charge is 0.353 e. The molecule has 0 radical (unpaired) electrons. The van der Waals surface area contributed by atoms with E-state index in [-0.39, 0.29) is 0 Å². The lowest BCUT2D eigenvalue weighted by atomic mass is 9.86. The molecule has 2 atom stereocenters. The summed E-state index contributed by atoms with van der Waals surface area (Å²) in [6.45, 7) is 4.56. The highest BCUT2D eigenvalue weighted by Crippen LogP contribution is 2.36. The third kappa shape index (κ3) is 3.92. The van der Waals surface area contributed by atoms with Crippen LogP contribution >= 0.6 is 0 Å². The van der Waals surface area contributed by atoms with Gasteiger partial charge in [-0.15, -0.1) is 0 Å². The SMILES string of the molecule is Cc1cc(-c2ccc(N3CC4CC(C3)N4Cc3cccc(S(C)(=O)=O)c3)nc2)c2c(C#N)cnn2c1. The van der Waals surface area contributed by atoms with Gasteiger partial charge in [-0.3, -0.25) is 4.90 Å². The number of aromatic nitrogens is 3. The Balaban J connectivity index is 1.19. The molecule has 0 spiro atoms. The highest BCUT2D eigenvalue weighted by molar-refractivity contribution is 7.90. The number of nitriles is 1. The van der Waals surface area contributed by atoms with Crippen molar-refractivity contribution < 1.29 is 8.42 Å². The molecule has 2 bridgehead atoms. The van der Waals surface area contributed by atoms with Crippen molar-refractivity contribution in [2.75, 3.05) is 24.2 Å². The van der Waals surface area contributed by atoms with Crippen LogP contribution in [0.25, 0.3) is 16.6 Å². The summed E-state index contributed by atoms with van der Waals surface area (Å²) in [5, 5.41) is 13.8. The predicted octanol–water partition coefficient (Wildman–Crippen LogP) is 3.44. The van der Waals surface area contributed by atoms with Crippen LogP contribution in [0.5, 0.6) is 0 Å². The van der Waals surface area contributed by atoms with Crippen LogP contribution in [0.15, 0.2) is 66.0 Å². The van der Waals surface area contributed by atoms with Gasteiger partial charge in [0, 0.05) is 61.5 Å². The predicted molar refractivity (Wildman–Crippen MR) is 137 cm³/mol. The molecule has 3 aromatic heterocycles. The van der Waals surface area contributed by atoms with Gasteiger partial charge in [-0.1, -0.05) is 12.1 Å². The molecule has 9 heteroatoms. The number of anilines is 1. The second kappa shape index (κ2) is 8.43. The number of rotatable bonds is 5. The quantitative estimate of drug-likeness (QED) is 0.416. The van der Waals surface area contributed by atoms with Crippen LogP contribution in [0.4, 0.5) is 5.82 Å². The van der Waals surface area contributed by atoms with Gasteiger partial charge >= 0.3 is 0 Å². The molecule has 0 N–H and O–H groups in total. The second-order valence-corrected chi connectivity index (χ2v) is 11.9. The van der Waals surface area contributed by atoms with Gasteiger partial charge < -0.3 is 4.90 Å². The van der Waals surface area contributed by atoms with Crippen molar-refractivity contribution in [3.05, 3.63) is 77.7 Å². The van der Waals surface area contributed by atoms with Gasteiger partial charge in [0.2, 0.25) is 0 Å². The van der Waals surface area contributed by atoms with E-state index in [0.717, 1.165) is 59.6 Å². The van der Waals surface area contributed by atoms with Gasteiger partial charge in [0.05, 0.1) is 22.2 Å². The van der Waals surface area contributed by atoms with Gasteiger partial charge in [0.25, 0.3) is 0 Å². The van der Waals surface area contributed by atoms with Crippen LogP contribution in [-0.2, 0) is 16.4 Å². The molecule has 7 rings (SSSR count). The van der Waals surface area contributed by atoms with E-state index in [1.165, 1.54) is 6.26 Å². The van der Waals surface area contributed by atoms with Crippen LogP contribution in [0.2, 0.25) is 0 Å². The zero-order chi connectivity index (χ0) is 25.0. The zero-order valence-electron chi connectivity index (χ0n) is 20.2. The molecule has 3 saturated heterocycles. The molecule has 182 valence electrons. The maximum absolute atomic E-state index is 11.9. The Hall–Kier alpha value is -3.74. The minimum absolute atomic E-state index is 0.375. The fraction of sp³-hybridized carbons (Fsp3) is 0.296. The van der Waals surface area contributed by atoms with Gasteiger partial charge in [-0.2, -0.15) is 10.4 Å². The maximum atomic E-state index is 11.9. The monoisotopic (exact) mass is 498 g/mol. The average molecular weight is 499 g/mol. The molecule has 8 nitrogen and oxygen atoms in total. The minimum Gasteiger partial charge on any atom is -0.353 e. The Kier molecular flexibility index (Phi) is 5.32. The van der Waals surface area contributed by atoms with Crippen molar-refractivity contribution in [2.45, 2.75) is 36.9 Å². The van der Waals surface area contributed by atoms with Crippen LogP contribution < -0.4 is 4.90 Å². The second-order valence-electron chi connectivity index (χ2n) is 9.84. The van der Waals surface area contributed by atoms with Gasteiger partial charge in [0.15, 0.2) is 9.84 Å². The summed E-state index contributed by atoms with van der Waals surface area (Å²) in [5.74, 6) is 0.949. The standard InChI is InChI=1S/C27H26N6O2S/c1-18-8-25(27-21(11-28)13-30-33(27)14-18)20-6-7-26(29-12-20)31-16-22-10-23(17-31)32(22)15-19-4-3-5-24(9-19)36(2,34)35/h3-9,12-14,22-23H,10,15-17H2,1-2H3. The van der Waals surface area contributed by atoms with Gasteiger partial charge in [-0.05, 0) is 54.8 Å². The number of piperidine rings is 1. The zero-order valence-corrected chi connectivity index (χ0v) is 21.0. The summed E-state index contributed by atoms with van der Waals surface area (Å²) in [7, 11) is -3.21. The van der Waals surface area contributed by atoms with E-state index in [1.54, 1.807) is 22.8 Å². The lowest BCUT2D eigenvalue weighted by Crippen LogP contribution is -2.68. The third-order valence-corrected chi connectivity index (χ3v) is 8.40. The van der Waals surface area contributed by atoms with E-state index in [4.69, 9.17) is 4.98 Å². The first kappa shape index (κ1) is 22.7. The van der Waals surface area contributed by atoms with Crippen LogP contribution in [0.3, 0.4) is 0 Å². The van der Waals surface area contributed by atoms with Crippen LogP contribution in [0.1, 0.15) is 23.1 Å². The molecule has 3 aliphatic heterocycles. The molecule has 2 unspecified atom stereocenters. The third-order valence-electron chi connectivity index (χ3n) is 7.29. The first-order chi connectivity index (χ1) is 17.3. The average Bonchev–Trinajstić information content (AvgIpc) is 3.29. The lowest BCUT2D eigenvalue weighted by molar-refractivity contribution is -0.00872. The number of fused-ring (bicyclic) bond motifs is 3. The topological polar surface area (TPSA) is 94.6 Å². The van der Waals surface area contributed by atoms with E-state index in [1.807, 2.05) is 31.5 Å². The highest BCUT2D eigenvalue weighted by atomic mass is 32.2. The van der Waals surface area contributed by atoms with Crippen molar-refractivity contribution in [1.29, 1.82) is 5.26 Å². The molecule has 3 fully saturated rings. The van der Waals surface area contributed by atoms with Gasteiger partial charge in [0.1, 0.15) is 11.9 Å². The summed E-state index contributed by atoms with van der Waals surface area (Å²) >= 11 is 0.